The summed E-state index contributed by atoms with van der Waals surface area (Å²) < 4.78 is 16.6. The van der Waals surface area contributed by atoms with Crippen LogP contribution in [0.4, 0.5) is 0 Å². The summed E-state index contributed by atoms with van der Waals surface area (Å²) in [5.74, 6) is 0.858. The Hall–Kier alpha value is -0.843. The Balaban J connectivity index is 2.54. The van der Waals surface area contributed by atoms with Crippen LogP contribution < -0.4 is 4.74 Å². The molecule has 0 heterocycles. The van der Waals surface area contributed by atoms with Gasteiger partial charge in [-0.15, -0.1) is 0 Å². The molecule has 4 heteroatoms. The van der Waals surface area contributed by atoms with E-state index in [1.165, 1.54) is 0 Å². The van der Waals surface area contributed by atoms with E-state index in [0.29, 0.717) is 6.23 Å². The van der Waals surface area contributed by atoms with E-state index in [-0.39, 0.29) is 0 Å². The number of ether oxygens (including phenoxy) is 1. The van der Waals surface area contributed by atoms with E-state index in [1.807, 2.05) is 30.3 Å². The minimum atomic E-state index is -2.12. The van der Waals surface area contributed by atoms with Gasteiger partial charge in [0, 0.05) is 14.2 Å². The lowest BCUT2D eigenvalue weighted by atomic mass is 10.3. The third kappa shape index (κ3) is 3.34. The van der Waals surface area contributed by atoms with Gasteiger partial charge in [0.15, 0.2) is 0 Å². The monoisotopic (exact) mass is 226 g/mol. The third-order valence-electron chi connectivity index (χ3n) is 2.48. The predicted molar refractivity (Wildman–Crippen MR) is 62.2 cm³/mol. The maximum absolute atomic E-state index is 5.66. The van der Waals surface area contributed by atoms with Crippen LogP contribution in [0, 0.1) is 0 Å². The second kappa shape index (κ2) is 5.90. The van der Waals surface area contributed by atoms with Gasteiger partial charge in [0.1, 0.15) is 12.0 Å². The molecule has 0 radical (unpaired) electrons. The highest BCUT2D eigenvalue weighted by Gasteiger charge is 2.34. The van der Waals surface area contributed by atoms with Gasteiger partial charge in [-0.3, -0.25) is 0 Å². The van der Waals surface area contributed by atoms with E-state index in [1.54, 1.807) is 14.2 Å². The second-order valence-electron chi connectivity index (χ2n) is 3.27. The van der Waals surface area contributed by atoms with Crippen molar-refractivity contribution in [2.45, 2.75) is 13.0 Å². The highest BCUT2D eigenvalue weighted by molar-refractivity contribution is 6.67. The van der Waals surface area contributed by atoms with Crippen LogP contribution in [0.2, 0.25) is 6.04 Å². The molecule has 0 aliphatic rings. The standard InChI is InChI=1S/C11H18O3Si/c1-4-15(12-2,13-3)10-14-11-8-6-5-7-9-11/h5-9H,4,10H2,1-3H3. The molecule has 3 nitrogen and oxygen atoms in total. The van der Waals surface area contributed by atoms with Crippen molar-refractivity contribution in [1.82, 2.24) is 0 Å². The summed E-state index contributed by atoms with van der Waals surface area (Å²) in [4.78, 5) is 0. The lowest BCUT2D eigenvalue weighted by Gasteiger charge is -2.25. The smallest absolute Gasteiger partial charge is 0.376 e. The van der Waals surface area contributed by atoms with E-state index in [4.69, 9.17) is 13.6 Å². The van der Waals surface area contributed by atoms with Crippen LogP contribution in [0.15, 0.2) is 30.3 Å². The fourth-order valence-corrected chi connectivity index (χ4v) is 2.87. The number of hydrogen-bond acceptors (Lipinski definition) is 3. The van der Waals surface area contributed by atoms with E-state index >= 15 is 0 Å². The minimum absolute atomic E-state index is 0.528. The molecule has 1 aromatic rings. The second-order valence-corrected chi connectivity index (χ2v) is 6.91. The summed E-state index contributed by atoms with van der Waals surface area (Å²) >= 11 is 0. The van der Waals surface area contributed by atoms with E-state index in [0.717, 1.165) is 11.8 Å². The normalized spacial score (nSPS) is 11.4. The fraction of sp³-hybridized carbons (Fsp3) is 0.455. The molecule has 0 aliphatic carbocycles. The number of hydrogen-bond donors (Lipinski definition) is 0. The van der Waals surface area contributed by atoms with E-state index in [9.17, 15) is 0 Å². The largest absolute Gasteiger partial charge is 0.492 e. The number of rotatable bonds is 6. The lowest BCUT2D eigenvalue weighted by Crippen LogP contribution is -2.46. The molecule has 0 amide bonds. The Morgan fingerprint density at radius 3 is 2.13 bits per heavy atom. The van der Waals surface area contributed by atoms with Gasteiger partial charge in [-0.2, -0.15) is 0 Å². The molecule has 0 saturated heterocycles. The van der Waals surface area contributed by atoms with Crippen molar-refractivity contribution in [3.63, 3.8) is 0 Å². The van der Waals surface area contributed by atoms with E-state index in [2.05, 4.69) is 6.92 Å². The molecule has 84 valence electrons. The zero-order chi connectivity index (χ0) is 11.1. The van der Waals surface area contributed by atoms with E-state index < -0.39 is 8.56 Å². The summed E-state index contributed by atoms with van der Waals surface area (Å²) in [6.45, 7) is 2.06. The Morgan fingerprint density at radius 2 is 1.67 bits per heavy atom. The average Bonchev–Trinajstić information content (AvgIpc) is 2.33. The molecular weight excluding hydrogens is 208 g/mol. The number of benzene rings is 1. The molecule has 0 spiro atoms. The van der Waals surface area contributed by atoms with Gasteiger partial charge in [0.25, 0.3) is 0 Å². The summed E-state index contributed by atoms with van der Waals surface area (Å²) in [6, 6.07) is 10.6. The van der Waals surface area contributed by atoms with Gasteiger partial charge < -0.3 is 13.6 Å². The minimum Gasteiger partial charge on any atom is -0.492 e. The first-order chi connectivity index (χ1) is 7.26. The van der Waals surface area contributed by atoms with Gasteiger partial charge >= 0.3 is 8.56 Å². The Morgan fingerprint density at radius 1 is 1.07 bits per heavy atom. The SMILES string of the molecule is CC[Si](COc1ccccc1)(OC)OC. The maximum Gasteiger partial charge on any atom is 0.376 e. The molecule has 0 unspecified atom stereocenters. The summed E-state index contributed by atoms with van der Waals surface area (Å²) in [6.07, 6.45) is 0.528. The molecule has 0 bridgehead atoms. The summed E-state index contributed by atoms with van der Waals surface area (Å²) in [5.41, 5.74) is 0. The predicted octanol–water partition coefficient (Wildman–Crippen LogP) is 2.36. The molecule has 0 N–H and O–H groups in total. The van der Waals surface area contributed by atoms with Crippen LogP contribution >= 0.6 is 0 Å². The Labute approximate surface area is 92.2 Å². The first-order valence-corrected chi connectivity index (χ1v) is 7.27. The highest BCUT2D eigenvalue weighted by Crippen LogP contribution is 2.15. The van der Waals surface area contributed by atoms with Crippen molar-refractivity contribution in [2.24, 2.45) is 0 Å². The van der Waals surface area contributed by atoms with Crippen molar-refractivity contribution in [1.29, 1.82) is 0 Å². The average molecular weight is 226 g/mol. The van der Waals surface area contributed by atoms with Crippen molar-refractivity contribution in [3.05, 3.63) is 30.3 Å². The molecular formula is C11H18O3Si. The van der Waals surface area contributed by atoms with Gasteiger partial charge in [-0.1, -0.05) is 25.1 Å². The molecule has 15 heavy (non-hydrogen) atoms. The maximum atomic E-state index is 5.66. The molecule has 0 aliphatic heterocycles. The molecule has 0 atom stereocenters. The third-order valence-corrected chi connectivity index (χ3v) is 5.63. The van der Waals surface area contributed by atoms with Crippen LogP contribution in [-0.4, -0.2) is 29.0 Å². The number of para-hydroxylation sites is 1. The molecule has 1 rings (SSSR count). The van der Waals surface area contributed by atoms with Crippen molar-refractivity contribution < 1.29 is 13.6 Å². The molecule has 0 aromatic heterocycles. The van der Waals surface area contributed by atoms with Crippen LogP contribution in [0.5, 0.6) is 5.75 Å². The Kier molecular flexibility index (Phi) is 4.81. The van der Waals surface area contributed by atoms with Gasteiger partial charge in [0.2, 0.25) is 0 Å². The zero-order valence-electron chi connectivity index (χ0n) is 9.53. The van der Waals surface area contributed by atoms with Crippen molar-refractivity contribution >= 4 is 8.56 Å². The first kappa shape index (κ1) is 12.2. The van der Waals surface area contributed by atoms with Gasteiger partial charge in [0.05, 0.1) is 0 Å². The summed E-state index contributed by atoms with van der Waals surface area (Å²) in [5, 5.41) is 0. The molecule has 0 saturated carbocycles. The first-order valence-electron chi connectivity index (χ1n) is 5.04. The highest BCUT2D eigenvalue weighted by atomic mass is 28.4. The fourth-order valence-electron chi connectivity index (χ4n) is 1.30. The Bertz CT molecular complexity index is 264. The molecule has 0 fully saturated rings. The van der Waals surface area contributed by atoms with Crippen LogP contribution in [0.3, 0.4) is 0 Å². The van der Waals surface area contributed by atoms with Crippen LogP contribution in [0.1, 0.15) is 6.92 Å². The van der Waals surface area contributed by atoms with Gasteiger partial charge in [-0.25, -0.2) is 0 Å². The quantitative estimate of drug-likeness (QED) is 0.697. The van der Waals surface area contributed by atoms with Crippen LogP contribution in [0.25, 0.3) is 0 Å². The summed E-state index contributed by atoms with van der Waals surface area (Å²) in [7, 11) is 1.25. The topological polar surface area (TPSA) is 27.7 Å². The molecule has 1 aromatic carbocycles. The van der Waals surface area contributed by atoms with Crippen molar-refractivity contribution in [3.8, 4) is 5.75 Å². The zero-order valence-corrected chi connectivity index (χ0v) is 10.5. The van der Waals surface area contributed by atoms with Gasteiger partial charge in [-0.05, 0) is 18.2 Å². The lowest BCUT2D eigenvalue weighted by molar-refractivity contribution is 0.206. The van der Waals surface area contributed by atoms with Crippen LogP contribution in [-0.2, 0) is 8.85 Å². The van der Waals surface area contributed by atoms with Crippen molar-refractivity contribution in [2.75, 3.05) is 20.4 Å².